The molecular formula is C27H30ClF3N4O4S. The number of ether oxygens (including phenoxy) is 1. The number of benzene rings is 1. The monoisotopic (exact) mass is 598 g/mol. The van der Waals surface area contributed by atoms with Gasteiger partial charge in [-0.3, -0.25) is 19.3 Å². The molecule has 0 bridgehead atoms. The highest BCUT2D eigenvalue weighted by atomic mass is 35.5. The number of carbonyl (C=O) groups is 3. The summed E-state index contributed by atoms with van der Waals surface area (Å²) in [5.41, 5.74) is -1.36. The number of carbonyl (C=O) groups excluding carboxylic acids is 3. The highest BCUT2D eigenvalue weighted by molar-refractivity contribution is 7.18. The minimum Gasteiger partial charge on any atom is -0.370 e. The van der Waals surface area contributed by atoms with Gasteiger partial charge >= 0.3 is 6.18 Å². The molecule has 5 rings (SSSR count). The van der Waals surface area contributed by atoms with Gasteiger partial charge in [-0.2, -0.15) is 13.2 Å². The molecule has 13 heteroatoms. The van der Waals surface area contributed by atoms with E-state index in [1.165, 1.54) is 17.0 Å². The lowest BCUT2D eigenvalue weighted by Gasteiger charge is -2.49. The van der Waals surface area contributed by atoms with Crippen LogP contribution in [0.1, 0.15) is 53.8 Å². The first-order valence-electron chi connectivity index (χ1n) is 13.3. The fourth-order valence-electron chi connectivity index (χ4n) is 5.27. The second-order valence-corrected chi connectivity index (χ2v) is 12.0. The van der Waals surface area contributed by atoms with Crippen LogP contribution >= 0.6 is 22.9 Å². The predicted octanol–water partition coefficient (Wildman–Crippen LogP) is 4.93. The highest BCUT2D eigenvalue weighted by Crippen LogP contribution is 2.39. The van der Waals surface area contributed by atoms with Gasteiger partial charge in [0.1, 0.15) is 12.6 Å². The van der Waals surface area contributed by atoms with Crippen molar-refractivity contribution < 1.29 is 32.3 Å². The summed E-state index contributed by atoms with van der Waals surface area (Å²) < 4.78 is 48.1. The Kier molecular flexibility index (Phi) is 8.69. The molecule has 1 aliphatic heterocycles. The Bertz CT molecular complexity index is 1250. The van der Waals surface area contributed by atoms with Gasteiger partial charge in [0.05, 0.1) is 27.1 Å². The number of anilines is 2. The summed E-state index contributed by atoms with van der Waals surface area (Å²) in [5.74, 6) is -1.45. The molecule has 2 saturated carbocycles. The first-order valence-corrected chi connectivity index (χ1v) is 14.5. The van der Waals surface area contributed by atoms with Crippen molar-refractivity contribution in [3.05, 3.63) is 45.1 Å². The summed E-state index contributed by atoms with van der Waals surface area (Å²) in [7, 11) is 0. The SMILES string of the molecule is O=C(NC[C@@H](C(=O)Nc1ccc(N2CCOCC2=O)cc1C(F)(F)F)N(C1CCC1)C1CCC1)c1ccc(Cl)s1. The van der Waals surface area contributed by atoms with Gasteiger partial charge in [-0.25, -0.2) is 0 Å². The van der Waals surface area contributed by atoms with Crippen LogP contribution in [0, 0.1) is 0 Å². The zero-order valence-electron chi connectivity index (χ0n) is 21.6. The van der Waals surface area contributed by atoms with E-state index >= 15 is 0 Å². The molecule has 3 aliphatic rings. The normalized spacial score (nSPS) is 19.2. The van der Waals surface area contributed by atoms with Crippen molar-refractivity contribution in [3.63, 3.8) is 0 Å². The maximum absolute atomic E-state index is 14.2. The van der Waals surface area contributed by atoms with Crippen LogP contribution < -0.4 is 15.5 Å². The number of hydrogen-bond acceptors (Lipinski definition) is 6. The summed E-state index contributed by atoms with van der Waals surface area (Å²) in [6.45, 7) is 0.0869. The minimum absolute atomic E-state index is 0.0606. The zero-order chi connectivity index (χ0) is 28.4. The number of nitrogens with zero attached hydrogens (tertiary/aromatic N) is 2. The maximum atomic E-state index is 14.2. The van der Waals surface area contributed by atoms with Crippen LogP contribution in [0.15, 0.2) is 30.3 Å². The van der Waals surface area contributed by atoms with E-state index in [0.717, 1.165) is 55.9 Å². The van der Waals surface area contributed by atoms with Crippen molar-refractivity contribution in [2.45, 2.75) is 62.8 Å². The number of halogens is 4. The Hall–Kier alpha value is -2.67. The average molecular weight is 599 g/mol. The summed E-state index contributed by atoms with van der Waals surface area (Å²) in [5, 5.41) is 5.31. The third-order valence-corrected chi connectivity index (χ3v) is 9.00. The van der Waals surface area contributed by atoms with Gasteiger partial charge in [-0.05, 0) is 56.0 Å². The number of nitrogens with one attached hydrogen (secondary N) is 2. The van der Waals surface area contributed by atoms with Gasteiger partial charge in [-0.1, -0.05) is 24.4 Å². The largest absolute Gasteiger partial charge is 0.418 e. The van der Waals surface area contributed by atoms with Gasteiger partial charge in [0.15, 0.2) is 0 Å². The van der Waals surface area contributed by atoms with E-state index in [0.29, 0.717) is 9.21 Å². The Morgan fingerprint density at radius 2 is 1.82 bits per heavy atom. The maximum Gasteiger partial charge on any atom is 0.418 e. The molecule has 0 radical (unpaired) electrons. The average Bonchev–Trinajstić information content (AvgIpc) is 3.28. The van der Waals surface area contributed by atoms with E-state index in [1.807, 2.05) is 0 Å². The van der Waals surface area contributed by atoms with Crippen molar-refractivity contribution in [2.24, 2.45) is 0 Å². The van der Waals surface area contributed by atoms with Crippen molar-refractivity contribution in [3.8, 4) is 0 Å². The standard InChI is InChI=1S/C27H30ClF3N4O4S/c28-23-10-9-22(40-23)26(38)32-14-21(35(16-3-1-4-16)17-5-2-6-17)25(37)33-20-8-7-18(13-19(20)27(29,30)31)34-11-12-39-15-24(34)36/h7-10,13,16-17,21H,1-6,11-12,14-15H2,(H,32,38)(H,33,37)/t21-/m0/s1. The predicted molar refractivity (Wildman–Crippen MR) is 146 cm³/mol. The van der Waals surface area contributed by atoms with Crippen LogP contribution in [0.2, 0.25) is 4.34 Å². The molecule has 40 heavy (non-hydrogen) atoms. The second kappa shape index (κ2) is 12.1. The minimum atomic E-state index is -4.78. The molecular weight excluding hydrogens is 569 g/mol. The quantitative estimate of drug-likeness (QED) is 0.427. The summed E-state index contributed by atoms with van der Waals surface area (Å²) in [6, 6.07) is 6.04. The highest BCUT2D eigenvalue weighted by Gasteiger charge is 2.42. The fourth-order valence-corrected chi connectivity index (χ4v) is 6.23. The van der Waals surface area contributed by atoms with E-state index in [2.05, 4.69) is 15.5 Å². The van der Waals surface area contributed by atoms with Gasteiger partial charge < -0.3 is 20.3 Å². The molecule has 1 atom stereocenters. The second-order valence-electron chi connectivity index (χ2n) is 10.3. The molecule has 1 aromatic heterocycles. The first-order chi connectivity index (χ1) is 19.1. The fraction of sp³-hybridized carbons (Fsp3) is 0.519. The molecule has 216 valence electrons. The Morgan fingerprint density at radius 1 is 1.12 bits per heavy atom. The van der Waals surface area contributed by atoms with Crippen molar-refractivity contribution in [1.82, 2.24) is 10.2 Å². The summed E-state index contributed by atoms with van der Waals surface area (Å²) in [4.78, 5) is 42.5. The number of morpholine rings is 1. The smallest absolute Gasteiger partial charge is 0.370 e. The van der Waals surface area contributed by atoms with Crippen LogP contribution in [0.5, 0.6) is 0 Å². The number of rotatable bonds is 9. The molecule has 1 aromatic carbocycles. The lowest BCUT2D eigenvalue weighted by molar-refractivity contribution is -0.137. The first kappa shape index (κ1) is 28.8. The number of thiophene rings is 1. The molecule has 3 amide bonds. The molecule has 8 nitrogen and oxygen atoms in total. The molecule has 0 unspecified atom stereocenters. The molecule has 3 fully saturated rings. The Labute approximate surface area is 238 Å². The molecule has 2 N–H and O–H groups in total. The molecule has 1 saturated heterocycles. The topological polar surface area (TPSA) is 91.0 Å². The third-order valence-electron chi connectivity index (χ3n) is 7.77. The molecule has 2 aromatic rings. The number of hydrogen-bond donors (Lipinski definition) is 2. The molecule has 0 spiro atoms. The van der Waals surface area contributed by atoms with E-state index in [1.54, 1.807) is 12.1 Å². The van der Waals surface area contributed by atoms with Crippen LogP contribution in [0.3, 0.4) is 0 Å². The Morgan fingerprint density at radius 3 is 2.38 bits per heavy atom. The van der Waals surface area contributed by atoms with Gasteiger partial charge in [0.25, 0.3) is 11.8 Å². The number of amides is 3. The van der Waals surface area contributed by atoms with Gasteiger partial charge in [0.2, 0.25) is 5.91 Å². The van der Waals surface area contributed by atoms with Gasteiger partial charge in [-0.15, -0.1) is 11.3 Å². The molecule has 2 aliphatic carbocycles. The molecule has 2 heterocycles. The summed E-state index contributed by atoms with van der Waals surface area (Å²) >= 11 is 7.07. The Balaban J connectivity index is 1.40. The number of alkyl halides is 3. The lowest BCUT2D eigenvalue weighted by atomic mass is 9.83. The van der Waals surface area contributed by atoms with E-state index in [-0.39, 0.29) is 44.1 Å². The zero-order valence-corrected chi connectivity index (χ0v) is 23.2. The van der Waals surface area contributed by atoms with Crippen LogP contribution in [-0.2, 0) is 20.5 Å². The summed E-state index contributed by atoms with van der Waals surface area (Å²) in [6.07, 6.45) is 0.827. The van der Waals surface area contributed by atoms with E-state index in [9.17, 15) is 27.6 Å². The van der Waals surface area contributed by atoms with Gasteiger partial charge in [0, 0.05) is 30.9 Å². The van der Waals surface area contributed by atoms with Crippen LogP contribution in [0.25, 0.3) is 0 Å². The van der Waals surface area contributed by atoms with Crippen molar-refractivity contribution in [2.75, 3.05) is 36.5 Å². The van der Waals surface area contributed by atoms with Crippen LogP contribution in [-0.4, -0.2) is 67.1 Å². The van der Waals surface area contributed by atoms with Crippen LogP contribution in [0.4, 0.5) is 24.5 Å². The van der Waals surface area contributed by atoms with E-state index in [4.69, 9.17) is 16.3 Å². The lowest BCUT2D eigenvalue weighted by Crippen LogP contribution is -2.61. The van der Waals surface area contributed by atoms with Crippen molar-refractivity contribution >= 4 is 52.0 Å². The van der Waals surface area contributed by atoms with E-state index < -0.39 is 41.2 Å². The third kappa shape index (κ3) is 6.29. The van der Waals surface area contributed by atoms with Crippen molar-refractivity contribution in [1.29, 1.82) is 0 Å².